The lowest BCUT2D eigenvalue weighted by Gasteiger charge is -2.35. The zero-order valence-electron chi connectivity index (χ0n) is 18.5. The average Bonchev–Trinajstić information content (AvgIpc) is 2.85. The van der Waals surface area contributed by atoms with Gasteiger partial charge in [0.15, 0.2) is 0 Å². The van der Waals surface area contributed by atoms with Crippen molar-refractivity contribution in [2.75, 3.05) is 31.5 Å². The molecule has 7 nitrogen and oxygen atoms in total. The smallest absolute Gasteiger partial charge is 0.321 e. The maximum Gasteiger partial charge on any atom is 0.321 e. The van der Waals surface area contributed by atoms with E-state index in [1.165, 1.54) is 0 Å². The highest BCUT2D eigenvalue weighted by atomic mass is 35.5. The summed E-state index contributed by atoms with van der Waals surface area (Å²) in [6.45, 7) is 2.26. The van der Waals surface area contributed by atoms with Crippen molar-refractivity contribution in [2.24, 2.45) is 5.92 Å². The minimum atomic E-state index is -0.214. The van der Waals surface area contributed by atoms with Crippen molar-refractivity contribution in [2.45, 2.75) is 31.7 Å². The molecule has 2 aliphatic rings. The highest BCUT2D eigenvalue weighted by molar-refractivity contribution is 6.30. The molecule has 2 aliphatic heterocycles. The van der Waals surface area contributed by atoms with Crippen LogP contribution in [0.2, 0.25) is 5.02 Å². The van der Waals surface area contributed by atoms with Crippen molar-refractivity contribution >= 4 is 35.1 Å². The Morgan fingerprint density at radius 2 is 1.55 bits per heavy atom. The predicted octanol–water partition coefficient (Wildman–Crippen LogP) is 4.00. The van der Waals surface area contributed by atoms with Crippen LogP contribution in [0.1, 0.15) is 36.0 Å². The first-order valence-electron chi connectivity index (χ1n) is 11.5. The van der Waals surface area contributed by atoms with Crippen molar-refractivity contribution in [1.82, 2.24) is 15.1 Å². The van der Waals surface area contributed by atoms with Crippen LogP contribution in [0.5, 0.6) is 0 Å². The Labute approximate surface area is 199 Å². The summed E-state index contributed by atoms with van der Waals surface area (Å²) < 4.78 is 0. The van der Waals surface area contributed by atoms with Gasteiger partial charge in [0.25, 0.3) is 5.91 Å². The molecular formula is C25H29ClN4O3. The Balaban J connectivity index is 1.24. The van der Waals surface area contributed by atoms with Gasteiger partial charge >= 0.3 is 6.03 Å². The normalized spacial score (nSPS) is 19.1. The van der Waals surface area contributed by atoms with E-state index in [2.05, 4.69) is 10.6 Å². The Kier molecular flexibility index (Phi) is 7.50. The third-order valence-electron chi connectivity index (χ3n) is 6.32. The average molecular weight is 469 g/mol. The van der Waals surface area contributed by atoms with Gasteiger partial charge in [0.2, 0.25) is 5.91 Å². The molecule has 0 bridgehead atoms. The Morgan fingerprint density at radius 1 is 0.848 bits per heavy atom. The summed E-state index contributed by atoms with van der Waals surface area (Å²) in [6, 6.07) is 16.2. The van der Waals surface area contributed by atoms with E-state index in [0.717, 1.165) is 18.5 Å². The molecule has 1 atom stereocenters. The van der Waals surface area contributed by atoms with E-state index in [9.17, 15) is 14.4 Å². The number of hydrogen-bond donors (Lipinski definition) is 2. The number of anilines is 1. The van der Waals surface area contributed by atoms with Crippen LogP contribution < -0.4 is 10.6 Å². The Hall–Kier alpha value is -3.06. The number of piperidine rings is 2. The summed E-state index contributed by atoms with van der Waals surface area (Å²) in [7, 11) is 0. The third-order valence-corrected chi connectivity index (χ3v) is 6.58. The zero-order valence-corrected chi connectivity index (χ0v) is 19.3. The van der Waals surface area contributed by atoms with Gasteiger partial charge in [-0.05, 0) is 62.1 Å². The molecule has 174 valence electrons. The number of urea groups is 1. The van der Waals surface area contributed by atoms with Crippen molar-refractivity contribution < 1.29 is 14.4 Å². The minimum Gasteiger partial charge on any atom is -0.353 e. The molecule has 2 fully saturated rings. The maximum absolute atomic E-state index is 12.9. The second kappa shape index (κ2) is 10.7. The van der Waals surface area contributed by atoms with Crippen LogP contribution in [-0.2, 0) is 4.79 Å². The summed E-state index contributed by atoms with van der Waals surface area (Å²) in [5.74, 6) is -0.285. The molecule has 4 amide bonds. The van der Waals surface area contributed by atoms with E-state index >= 15 is 0 Å². The first kappa shape index (κ1) is 23.1. The molecule has 8 heteroatoms. The van der Waals surface area contributed by atoms with E-state index in [1.54, 1.807) is 34.1 Å². The molecule has 4 rings (SSSR count). The quantitative estimate of drug-likeness (QED) is 0.711. The van der Waals surface area contributed by atoms with Crippen LogP contribution in [0.15, 0.2) is 54.6 Å². The van der Waals surface area contributed by atoms with Gasteiger partial charge in [-0.25, -0.2) is 4.79 Å². The molecule has 2 aromatic rings. The fourth-order valence-corrected chi connectivity index (χ4v) is 4.55. The standard InChI is InChI=1S/C25H29ClN4O3/c26-20-10-8-18(9-11-20)24(32)30-14-4-5-19(17-30)23(31)27-22-12-15-29(16-13-22)25(33)28-21-6-2-1-3-7-21/h1-3,6-11,19,22H,4-5,12-17H2,(H,27,31)(H,28,33). The SMILES string of the molecule is O=C(NC1CCN(C(=O)Nc2ccccc2)CC1)C1CCCN(C(=O)c2ccc(Cl)cc2)C1. The molecule has 0 radical (unpaired) electrons. The number of carbonyl (C=O) groups is 3. The van der Waals surface area contributed by atoms with Crippen LogP contribution in [0.25, 0.3) is 0 Å². The van der Waals surface area contributed by atoms with Crippen LogP contribution >= 0.6 is 11.6 Å². The van der Waals surface area contributed by atoms with Crippen molar-refractivity contribution in [3.05, 3.63) is 65.2 Å². The Bertz CT molecular complexity index is 975. The fourth-order valence-electron chi connectivity index (χ4n) is 4.42. The number of hydrogen-bond acceptors (Lipinski definition) is 3. The highest BCUT2D eigenvalue weighted by Gasteiger charge is 2.31. The molecule has 0 saturated carbocycles. The lowest BCUT2D eigenvalue weighted by molar-refractivity contribution is -0.127. The minimum absolute atomic E-state index is 0.00390. The van der Waals surface area contributed by atoms with Crippen LogP contribution in [-0.4, -0.2) is 59.9 Å². The highest BCUT2D eigenvalue weighted by Crippen LogP contribution is 2.21. The lowest BCUT2D eigenvalue weighted by atomic mass is 9.95. The molecule has 2 heterocycles. The summed E-state index contributed by atoms with van der Waals surface area (Å²) in [5, 5.41) is 6.65. The van der Waals surface area contributed by atoms with Gasteiger partial charge in [0.05, 0.1) is 5.92 Å². The number of benzene rings is 2. The maximum atomic E-state index is 12.9. The lowest BCUT2D eigenvalue weighted by Crippen LogP contribution is -2.51. The van der Waals surface area contributed by atoms with E-state index in [-0.39, 0.29) is 29.8 Å². The topological polar surface area (TPSA) is 81.8 Å². The molecule has 0 spiro atoms. The van der Waals surface area contributed by atoms with Gasteiger partial charge in [-0.3, -0.25) is 9.59 Å². The summed E-state index contributed by atoms with van der Waals surface area (Å²) >= 11 is 5.92. The molecule has 2 saturated heterocycles. The molecule has 1 unspecified atom stereocenters. The number of nitrogens with zero attached hydrogens (tertiary/aromatic N) is 2. The predicted molar refractivity (Wildman–Crippen MR) is 128 cm³/mol. The van der Waals surface area contributed by atoms with Gasteiger partial charge in [0.1, 0.15) is 0 Å². The van der Waals surface area contributed by atoms with Crippen LogP contribution in [0, 0.1) is 5.92 Å². The zero-order chi connectivity index (χ0) is 23.2. The molecule has 33 heavy (non-hydrogen) atoms. The van der Waals surface area contributed by atoms with E-state index < -0.39 is 0 Å². The van der Waals surface area contributed by atoms with E-state index in [4.69, 9.17) is 11.6 Å². The number of para-hydroxylation sites is 1. The molecular weight excluding hydrogens is 440 g/mol. The van der Waals surface area contributed by atoms with E-state index in [1.807, 2.05) is 30.3 Å². The number of halogens is 1. The van der Waals surface area contributed by atoms with Crippen molar-refractivity contribution in [3.8, 4) is 0 Å². The summed E-state index contributed by atoms with van der Waals surface area (Å²) in [6.07, 6.45) is 3.01. The number of rotatable bonds is 4. The number of carbonyl (C=O) groups excluding carboxylic acids is 3. The van der Waals surface area contributed by atoms with Gasteiger partial charge in [-0.1, -0.05) is 29.8 Å². The van der Waals surface area contributed by atoms with Gasteiger partial charge in [-0.2, -0.15) is 0 Å². The monoisotopic (exact) mass is 468 g/mol. The molecule has 0 aliphatic carbocycles. The Morgan fingerprint density at radius 3 is 2.24 bits per heavy atom. The second-order valence-corrected chi connectivity index (χ2v) is 9.10. The molecule has 0 aromatic heterocycles. The number of amides is 4. The molecule has 2 aromatic carbocycles. The van der Waals surface area contributed by atoms with Crippen molar-refractivity contribution in [1.29, 1.82) is 0 Å². The number of likely N-dealkylation sites (tertiary alicyclic amines) is 2. The largest absolute Gasteiger partial charge is 0.353 e. The first-order valence-corrected chi connectivity index (χ1v) is 11.8. The van der Waals surface area contributed by atoms with E-state index in [0.29, 0.717) is 49.6 Å². The number of nitrogens with one attached hydrogen (secondary N) is 2. The van der Waals surface area contributed by atoms with Crippen molar-refractivity contribution in [3.63, 3.8) is 0 Å². The fraction of sp³-hybridized carbons (Fsp3) is 0.400. The van der Waals surface area contributed by atoms with Gasteiger partial charge < -0.3 is 20.4 Å². The molecule has 2 N–H and O–H groups in total. The summed E-state index contributed by atoms with van der Waals surface area (Å²) in [4.78, 5) is 41.7. The summed E-state index contributed by atoms with van der Waals surface area (Å²) in [5.41, 5.74) is 1.36. The van der Waals surface area contributed by atoms with Crippen LogP contribution in [0.3, 0.4) is 0 Å². The van der Waals surface area contributed by atoms with Crippen LogP contribution in [0.4, 0.5) is 10.5 Å². The second-order valence-electron chi connectivity index (χ2n) is 8.66. The van der Waals surface area contributed by atoms with Gasteiger partial charge in [0, 0.05) is 48.5 Å². The van der Waals surface area contributed by atoms with Gasteiger partial charge in [-0.15, -0.1) is 0 Å². The third kappa shape index (κ3) is 6.05. The first-order chi connectivity index (χ1) is 16.0.